The fourth-order valence-corrected chi connectivity index (χ4v) is 8.26. The Morgan fingerprint density at radius 1 is 0.467 bits per heavy atom. The predicted octanol–water partition coefficient (Wildman–Crippen LogP) is 10.3. The van der Waals surface area contributed by atoms with Crippen LogP contribution in [0.1, 0.15) is 22.3 Å². The van der Waals surface area contributed by atoms with Crippen molar-refractivity contribution in [2.45, 2.75) is 5.41 Å². The Bertz CT molecular complexity index is 2440. The molecule has 0 N–H and O–H groups in total. The average molecular weight is 639 g/mol. The normalized spacial score (nSPS) is 13.6. The molecule has 0 saturated carbocycles. The average Bonchev–Trinajstić information content (AvgIpc) is 3.75. The van der Waals surface area contributed by atoms with Crippen LogP contribution < -0.4 is 0 Å². The van der Waals surface area contributed by atoms with E-state index in [4.69, 9.17) is 0 Å². The number of halogens is 1. The summed E-state index contributed by atoms with van der Waals surface area (Å²) in [6.07, 6.45) is 2.22. The summed E-state index contributed by atoms with van der Waals surface area (Å²) in [7, 11) is 0. The molecule has 2 aromatic heterocycles. The zero-order chi connectivity index (χ0) is 29.7. The summed E-state index contributed by atoms with van der Waals surface area (Å²) in [5, 5.41) is 11.6. The highest BCUT2D eigenvalue weighted by atomic mass is 79.9. The van der Waals surface area contributed by atoms with Crippen LogP contribution in [0.5, 0.6) is 0 Å². The Kier molecular flexibility index (Phi) is 5.07. The zero-order valence-corrected chi connectivity index (χ0v) is 25.7. The largest absolute Gasteiger partial charge is 0.281 e. The molecule has 3 nitrogen and oxygen atoms in total. The van der Waals surface area contributed by atoms with E-state index in [9.17, 15) is 0 Å². The Morgan fingerprint density at radius 2 is 1.00 bits per heavy atom. The van der Waals surface area contributed by atoms with Gasteiger partial charge in [-0.2, -0.15) is 0 Å². The van der Waals surface area contributed by atoms with Crippen molar-refractivity contribution in [2.24, 2.45) is 0 Å². The van der Waals surface area contributed by atoms with Gasteiger partial charge in [-0.05, 0) is 73.7 Å². The summed E-state index contributed by atoms with van der Waals surface area (Å²) >= 11 is 3.57. The second kappa shape index (κ2) is 9.10. The number of nitrogens with zero attached hydrogens (tertiary/aromatic N) is 3. The standard InChI is InChI=1S/C41H24BrN3/c42-27-20-17-25(18-21-27)39-43-44-40-33-13-2-1-9-28(33)34(24-45(39)40)26-19-22-32-31-12-5-8-16-37(31)41(38(32)23-26)35-14-6-3-10-29(35)30-11-4-7-15-36(30)41/h1-24H. The van der Waals surface area contributed by atoms with Gasteiger partial charge in [0.15, 0.2) is 11.5 Å². The highest BCUT2D eigenvalue weighted by Crippen LogP contribution is 2.63. The van der Waals surface area contributed by atoms with E-state index in [1.165, 1.54) is 50.1 Å². The van der Waals surface area contributed by atoms with Gasteiger partial charge in [0.05, 0.1) is 5.41 Å². The third kappa shape index (κ3) is 3.24. The van der Waals surface area contributed by atoms with E-state index in [0.29, 0.717) is 0 Å². The lowest BCUT2D eigenvalue weighted by Gasteiger charge is -2.30. The molecule has 6 aromatic carbocycles. The number of rotatable bonds is 2. The van der Waals surface area contributed by atoms with E-state index in [2.05, 4.69) is 164 Å². The second-order valence-electron chi connectivity index (χ2n) is 12.0. The molecule has 0 radical (unpaired) electrons. The van der Waals surface area contributed by atoms with Gasteiger partial charge in [-0.1, -0.05) is 137 Å². The van der Waals surface area contributed by atoms with Crippen LogP contribution in [0.2, 0.25) is 0 Å². The molecule has 210 valence electrons. The van der Waals surface area contributed by atoms with Gasteiger partial charge in [-0.25, -0.2) is 0 Å². The maximum Gasteiger partial charge on any atom is 0.169 e. The van der Waals surface area contributed by atoms with Gasteiger partial charge in [0.1, 0.15) is 0 Å². The first-order valence-corrected chi connectivity index (χ1v) is 16.0. The molecule has 8 aromatic rings. The first-order valence-electron chi connectivity index (χ1n) is 15.2. The summed E-state index contributed by atoms with van der Waals surface area (Å²) < 4.78 is 3.19. The predicted molar refractivity (Wildman–Crippen MR) is 185 cm³/mol. The Balaban J connectivity index is 1.29. The quantitative estimate of drug-likeness (QED) is 0.189. The minimum absolute atomic E-state index is 0.381. The number of hydrogen-bond donors (Lipinski definition) is 0. The first kappa shape index (κ1) is 25.1. The third-order valence-corrected chi connectivity index (χ3v) is 10.4. The maximum absolute atomic E-state index is 4.67. The summed E-state index contributed by atoms with van der Waals surface area (Å²) in [5.74, 6) is 0.827. The molecule has 10 rings (SSSR count). The lowest BCUT2D eigenvalue weighted by atomic mass is 9.70. The Hall–Kier alpha value is -5.32. The van der Waals surface area contributed by atoms with Crippen molar-refractivity contribution in [2.75, 3.05) is 0 Å². The number of benzene rings is 6. The van der Waals surface area contributed by atoms with Crippen molar-refractivity contribution in [3.63, 3.8) is 0 Å². The van der Waals surface area contributed by atoms with Crippen molar-refractivity contribution < 1.29 is 0 Å². The van der Waals surface area contributed by atoms with Crippen molar-refractivity contribution in [3.8, 4) is 44.8 Å². The topological polar surface area (TPSA) is 30.2 Å². The maximum atomic E-state index is 4.67. The van der Waals surface area contributed by atoms with Crippen molar-refractivity contribution in [1.82, 2.24) is 14.6 Å². The summed E-state index contributed by atoms with van der Waals surface area (Å²) in [4.78, 5) is 0. The number of hydrogen-bond acceptors (Lipinski definition) is 2. The van der Waals surface area contributed by atoms with E-state index in [-0.39, 0.29) is 5.41 Å². The van der Waals surface area contributed by atoms with Gasteiger partial charge in [-0.15, -0.1) is 10.2 Å². The fraction of sp³-hybridized carbons (Fsp3) is 0.0244. The van der Waals surface area contributed by atoms with Gasteiger partial charge in [0.25, 0.3) is 0 Å². The van der Waals surface area contributed by atoms with Gasteiger partial charge >= 0.3 is 0 Å². The lowest BCUT2D eigenvalue weighted by molar-refractivity contribution is 0.794. The molecular weight excluding hydrogens is 614 g/mol. The van der Waals surface area contributed by atoms with Crippen LogP contribution in [0, 0.1) is 0 Å². The molecule has 0 aliphatic heterocycles. The molecule has 4 heteroatoms. The Labute approximate surface area is 268 Å². The third-order valence-electron chi connectivity index (χ3n) is 9.82. The molecule has 0 bridgehead atoms. The molecule has 45 heavy (non-hydrogen) atoms. The summed E-state index contributed by atoms with van der Waals surface area (Å²) in [6, 6.07) is 50.8. The lowest BCUT2D eigenvalue weighted by Crippen LogP contribution is -2.25. The second-order valence-corrected chi connectivity index (χ2v) is 12.9. The van der Waals surface area contributed by atoms with Crippen LogP contribution in [0.4, 0.5) is 0 Å². The SMILES string of the molecule is Brc1ccc(-c2nnc3c4ccccc4c(-c4ccc5c(c4)C4(c6ccccc6-c6ccccc64)c4ccccc4-5)cn23)cc1. The Morgan fingerprint density at radius 3 is 1.64 bits per heavy atom. The monoisotopic (exact) mass is 637 g/mol. The van der Waals surface area contributed by atoms with Gasteiger partial charge in [-0.3, -0.25) is 4.40 Å². The smallest absolute Gasteiger partial charge is 0.169 e. The highest BCUT2D eigenvalue weighted by molar-refractivity contribution is 9.10. The van der Waals surface area contributed by atoms with Crippen molar-refractivity contribution in [3.05, 3.63) is 172 Å². The molecule has 0 fully saturated rings. The highest BCUT2D eigenvalue weighted by Gasteiger charge is 2.51. The molecule has 2 heterocycles. The minimum Gasteiger partial charge on any atom is -0.281 e. The van der Waals surface area contributed by atoms with Crippen LogP contribution in [-0.4, -0.2) is 14.6 Å². The van der Waals surface area contributed by atoms with Gasteiger partial charge in [0.2, 0.25) is 0 Å². The van der Waals surface area contributed by atoms with Gasteiger partial charge < -0.3 is 0 Å². The molecule has 2 aliphatic rings. The number of aromatic nitrogens is 3. The molecule has 0 amide bonds. The van der Waals surface area contributed by atoms with Crippen molar-refractivity contribution in [1.29, 1.82) is 0 Å². The summed E-state index contributed by atoms with van der Waals surface area (Å²) in [5.41, 5.74) is 14.5. The van der Waals surface area contributed by atoms with Crippen LogP contribution in [0.3, 0.4) is 0 Å². The minimum atomic E-state index is -0.381. The fourth-order valence-electron chi connectivity index (χ4n) is 8.00. The van der Waals surface area contributed by atoms with Crippen LogP contribution in [-0.2, 0) is 5.41 Å². The number of fused-ring (bicyclic) bond motifs is 13. The first-order chi connectivity index (χ1) is 22.2. The molecular formula is C41H24BrN3. The van der Waals surface area contributed by atoms with E-state index < -0.39 is 0 Å². The van der Waals surface area contributed by atoms with Crippen LogP contribution in [0.25, 0.3) is 61.2 Å². The molecule has 0 unspecified atom stereocenters. The number of pyridine rings is 1. The molecule has 2 aliphatic carbocycles. The van der Waals surface area contributed by atoms with E-state index in [1.54, 1.807) is 0 Å². The zero-order valence-electron chi connectivity index (χ0n) is 24.1. The van der Waals surface area contributed by atoms with Crippen LogP contribution >= 0.6 is 15.9 Å². The summed E-state index contributed by atoms with van der Waals surface area (Å²) in [6.45, 7) is 0. The van der Waals surface area contributed by atoms with Crippen LogP contribution in [0.15, 0.2) is 150 Å². The molecule has 0 atom stereocenters. The van der Waals surface area contributed by atoms with E-state index >= 15 is 0 Å². The van der Waals surface area contributed by atoms with E-state index in [0.717, 1.165) is 37.8 Å². The molecule has 0 saturated heterocycles. The van der Waals surface area contributed by atoms with Gasteiger partial charge in [0, 0.05) is 27.2 Å². The van der Waals surface area contributed by atoms with E-state index in [1.807, 2.05) is 12.1 Å². The molecule has 1 spiro atoms. The van der Waals surface area contributed by atoms with Crippen molar-refractivity contribution >= 4 is 32.3 Å².